The zero-order chi connectivity index (χ0) is 20.2. The lowest BCUT2D eigenvalue weighted by Gasteiger charge is -2.22. The van der Waals surface area contributed by atoms with E-state index in [9.17, 15) is 0 Å². The van der Waals surface area contributed by atoms with Crippen molar-refractivity contribution < 1.29 is 0 Å². The van der Waals surface area contributed by atoms with Crippen LogP contribution < -0.4 is 5.32 Å². The number of rotatable bonds is 5. The number of hydrogen-bond acceptors (Lipinski definition) is 4. The molecule has 156 valence electrons. The Balaban J connectivity index is 1.70. The summed E-state index contributed by atoms with van der Waals surface area (Å²) in [5.41, 5.74) is 1.84. The van der Waals surface area contributed by atoms with Gasteiger partial charge in [0.15, 0.2) is 17.0 Å². The molecule has 0 radical (unpaired) electrons. The van der Waals surface area contributed by atoms with Crippen molar-refractivity contribution in [2.24, 2.45) is 11.8 Å². The molecule has 0 amide bonds. The Labute approximate surface area is 175 Å². The van der Waals surface area contributed by atoms with Crippen molar-refractivity contribution in [1.82, 2.24) is 19.5 Å². The van der Waals surface area contributed by atoms with E-state index in [1.807, 2.05) is 6.33 Å². The van der Waals surface area contributed by atoms with E-state index < -0.39 is 0 Å². The van der Waals surface area contributed by atoms with E-state index in [1.54, 1.807) is 0 Å². The Morgan fingerprint density at radius 2 is 1.90 bits per heavy atom. The molecule has 29 heavy (non-hydrogen) atoms. The molecule has 5 heteroatoms. The van der Waals surface area contributed by atoms with Crippen LogP contribution in [-0.2, 0) is 0 Å². The fraction of sp³-hybridized carbons (Fsp3) is 0.708. The molecule has 2 aromatic heterocycles. The summed E-state index contributed by atoms with van der Waals surface area (Å²) in [6, 6.07) is 0.903. The number of aromatic nitrogens is 4. The molecule has 5 nitrogen and oxygen atoms in total. The molecule has 4 rings (SSSR count). The van der Waals surface area contributed by atoms with Gasteiger partial charge in [0, 0.05) is 18.0 Å². The first-order valence-electron chi connectivity index (χ1n) is 11.7. The van der Waals surface area contributed by atoms with E-state index in [2.05, 4.69) is 42.5 Å². The monoisotopic (exact) mass is 393 g/mol. The summed E-state index contributed by atoms with van der Waals surface area (Å²) in [5, 5.41) is 3.62. The molecule has 2 heterocycles. The lowest BCUT2D eigenvalue weighted by molar-refractivity contribution is 0.333. The second-order valence-electron chi connectivity index (χ2n) is 9.05. The first kappa shape index (κ1) is 20.2. The third-order valence-corrected chi connectivity index (χ3v) is 6.79. The molecule has 1 N–H and O–H groups in total. The van der Waals surface area contributed by atoms with Crippen molar-refractivity contribution in [3.63, 3.8) is 0 Å². The van der Waals surface area contributed by atoms with Gasteiger partial charge in [-0.2, -0.15) is 0 Å². The summed E-state index contributed by atoms with van der Waals surface area (Å²) < 4.78 is 2.27. The molecule has 2 aromatic rings. The predicted octanol–water partition coefficient (Wildman–Crippen LogP) is 5.72. The highest BCUT2D eigenvalue weighted by molar-refractivity contribution is 5.83. The van der Waals surface area contributed by atoms with E-state index >= 15 is 0 Å². The van der Waals surface area contributed by atoms with Gasteiger partial charge in [0.25, 0.3) is 0 Å². The van der Waals surface area contributed by atoms with E-state index in [4.69, 9.17) is 15.0 Å². The van der Waals surface area contributed by atoms with Crippen LogP contribution in [-0.4, -0.2) is 25.6 Å². The van der Waals surface area contributed by atoms with Gasteiger partial charge in [-0.05, 0) is 50.4 Å². The highest BCUT2D eigenvalue weighted by atomic mass is 15.2. The largest absolute Gasteiger partial charge is 0.365 e. The molecule has 2 fully saturated rings. The molecule has 2 aliphatic rings. The predicted molar refractivity (Wildman–Crippen MR) is 119 cm³/mol. The zero-order valence-corrected chi connectivity index (χ0v) is 18.2. The van der Waals surface area contributed by atoms with Crippen LogP contribution in [0.3, 0.4) is 0 Å². The minimum Gasteiger partial charge on any atom is -0.365 e. The highest BCUT2D eigenvalue weighted by Gasteiger charge is 2.22. The summed E-state index contributed by atoms with van der Waals surface area (Å²) in [6.45, 7) is 6.76. The lowest BCUT2D eigenvalue weighted by Crippen LogP contribution is -2.19. The maximum absolute atomic E-state index is 4.88. The smallest absolute Gasteiger partial charge is 0.208 e. The van der Waals surface area contributed by atoms with Crippen LogP contribution in [0.25, 0.3) is 11.2 Å². The van der Waals surface area contributed by atoms with Crippen LogP contribution in [0.1, 0.15) is 96.8 Å². The summed E-state index contributed by atoms with van der Waals surface area (Å²) >= 11 is 0. The van der Waals surface area contributed by atoms with Crippen molar-refractivity contribution in [3.05, 3.63) is 12.2 Å². The third-order valence-electron chi connectivity index (χ3n) is 6.79. The van der Waals surface area contributed by atoms with Gasteiger partial charge in [0.2, 0.25) is 5.82 Å². The van der Waals surface area contributed by atoms with Crippen molar-refractivity contribution >= 4 is 17.0 Å². The second kappa shape index (κ2) is 9.15. The van der Waals surface area contributed by atoms with Crippen molar-refractivity contribution in [1.29, 1.82) is 0 Å². The normalized spacial score (nSPS) is 22.8. The van der Waals surface area contributed by atoms with Crippen molar-refractivity contribution in [2.75, 3.05) is 5.32 Å². The Hall–Kier alpha value is -2.09. The molecule has 0 bridgehead atoms. The van der Waals surface area contributed by atoms with Crippen LogP contribution in [0.2, 0.25) is 0 Å². The first-order valence-corrected chi connectivity index (χ1v) is 11.7. The quantitative estimate of drug-likeness (QED) is 0.660. The Kier molecular flexibility index (Phi) is 6.37. The minimum absolute atomic E-state index is 0.393. The number of imidazole rings is 1. The Morgan fingerprint density at radius 3 is 2.62 bits per heavy atom. The van der Waals surface area contributed by atoms with E-state index in [0.717, 1.165) is 35.7 Å². The number of fused-ring (bicyclic) bond motifs is 1. The van der Waals surface area contributed by atoms with Crippen molar-refractivity contribution in [2.45, 2.75) is 97.1 Å². The summed E-state index contributed by atoms with van der Waals surface area (Å²) in [6.07, 6.45) is 14.1. The molecule has 0 saturated heterocycles. The minimum atomic E-state index is 0.393. The molecule has 2 atom stereocenters. The van der Waals surface area contributed by atoms with E-state index in [0.29, 0.717) is 23.8 Å². The molecular weight excluding hydrogens is 358 g/mol. The third kappa shape index (κ3) is 4.57. The van der Waals surface area contributed by atoms with Gasteiger partial charge in [0.1, 0.15) is 0 Å². The molecule has 0 aromatic carbocycles. The number of nitrogens with one attached hydrogen (secondary N) is 1. The van der Waals surface area contributed by atoms with Gasteiger partial charge in [-0.25, -0.2) is 15.0 Å². The molecular formula is C24H35N5. The molecule has 0 aliphatic heterocycles. The van der Waals surface area contributed by atoms with Crippen LogP contribution in [0.15, 0.2) is 6.33 Å². The molecule has 1 unspecified atom stereocenters. The second-order valence-corrected chi connectivity index (χ2v) is 9.05. The number of hydrogen-bond donors (Lipinski definition) is 1. The van der Waals surface area contributed by atoms with Gasteiger partial charge in [-0.15, -0.1) is 0 Å². The first-order chi connectivity index (χ1) is 14.2. The lowest BCUT2D eigenvalue weighted by atomic mass is 9.83. The molecule has 2 aliphatic carbocycles. The van der Waals surface area contributed by atoms with Gasteiger partial charge >= 0.3 is 0 Å². The topological polar surface area (TPSA) is 55.6 Å². The van der Waals surface area contributed by atoms with Gasteiger partial charge in [0.05, 0.1) is 6.33 Å². The van der Waals surface area contributed by atoms with Crippen LogP contribution in [0, 0.1) is 23.7 Å². The summed E-state index contributed by atoms with van der Waals surface area (Å²) in [5.74, 6) is 9.57. The van der Waals surface area contributed by atoms with Crippen LogP contribution >= 0.6 is 0 Å². The zero-order valence-electron chi connectivity index (χ0n) is 18.2. The maximum atomic E-state index is 4.88. The van der Waals surface area contributed by atoms with Crippen LogP contribution in [0.5, 0.6) is 0 Å². The molecule has 2 saturated carbocycles. The standard InChI is InChI=1S/C24H35N5/c1-4-19(5-2)26-23-22-24(29(16-25-22)20-11-6-7-12-20)28-21(27-23)14-13-18-10-8-9-17(3)15-18/h16-20H,4-12,15H2,1-3H3,(H,26,27,28)/t17-,18?/m1/s1. The van der Waals surface area contributed by atoms with Gasteiger partial charge in [-0.3, -0.25) is 0 Å². The highest BCUT2D eigenvalue weighted by Crippen LogP contribution is 2.33. The van der Waals surface area contributed by atoms with E-state index in [1.165, 1.54) is 51.4 Å². The van der Waals surface area contributed by atoms with Gasteiger partial charge < -0.3 is 9.88 Å². The summed E-state index contributed by atoms with van der Waals surface area (Å²) in [4.78, 5) is 14.4. The number of nitrogens with zero attached hydrogens (tertiary/aromatic N) is 4. The fourth-order valence-corrected chi connectivity index (χ4v) is 4.94. The molecule has 0 spiro atoms. The fourth-order valence-electron chi connectivity index (χ4n) is 4.94. The van der Waals surface area contributed by atoms with Gasteiger partial charge in [-0.1, -0.05) is 52.4 Å². The maximum Gasteiger partial charge on any atom is 0.208 e. The average molecular weight is 394 g/mol. The Morgan fingerprint density at radius 1 is 1.10 bits per heavy atom. The summed E-state index contributed by atoms with van der Waals surface area (Å²) in [7, 11) is 0. The Bertz CT molecular complexity index is 880. The SMILES string of the molecule is CCC(CC)Nc1nc(C#CC2CCC[C@@H](C)C2)nc2c1ncn2C1CCCC1. The number of anilines is 1. The van der Waals surface area contributed by atoms with Crippen molar-refractivity contribution in [3.8, 4) is 11.8 Å². The van der Waals surface area contributed by atoms with E-state index in [-0.39, 0.29) is 0 Å². The van der Waals surface area contributed by atoms with Crippen LogP contribution in [0.4, 0.5) is 5.82 Å². The average Bonchev–Trinajstić information content (AvgIpc) is 3.40.